The molecule has 0 saturated carbocycles. The molecule has 2 aromatic heterocycles. The van der Waals surface area contributed by atoms with E-state index in [9.17, 15) is 0 Å². The largest absolute Gasteiger partial charge is 0.263 e. The molecule has 0 aliphatic heterocycles. The van der Waals surface area contributed by atoms with Gasteiger partial charge in [0.25, 0.3) is 0 Å². The zero-order valence-electron chi connectivity index (χ0n) is 7.24. The van der Waals surface area contributed by atoms with Crippen LogP contribution in [0, 0.1) is 0 Å². The fraction of sp³-hybridized carbons (Fsp3) is 0.300. The molecule has 0 N–H and O–H groups in total. The lowest BCUT2D eigenvalue weighted by Gasteiger charge is -2.00. The smallest absolute Gasteiger partial charge is 0.0529 e. The fourth-order valence-electron chi connectivity index (χ4n) is 1.35. The Hall–Kier alpha value is -0.890. The Balaban J connectivity index is 2.70. The summed E-state index contributed by atoms with van der Waals surface area (Å²) in [5.74, 6) is 0.612. The second-order valence-electron chi connectivity index (χ2n) is 3.22. The van der Waals surface area contributed by atoms with Gasteiger partial charge in [0.05, 0.1) is 4.70 Å². The van der Waals surface area contributed by atoms with E-state index in [4.69, 9.17) is 0 Å². The van der Waals surface area contributed by atoms with E-state index in [0.717, 1.165) is 0 Å². The average Bonchev–Trinajstić information content (AvgIpc) is 2.47. The molecule has 12 heavy (non-hydrogen) atoms. The topological polar surface area (TPSA) is 12.9 Å². The zero-order chi connectivity index (χ0) is 8.55. The van der Waals surface area contributed by atoms with Gasteiger partial charge in [0, 0.05) is 12.4 Å². The van der Waals surface area contributed by atoms with E-state index in [2.05, 4.69) is 30.3 Å². The number of nitrogens with zero attached hydrogens (tertiary/aromatic N) is 1. The first-order chi connectivity index (χ1) is 5.79. The molecule has 62 valence electrons. The quantitative estimate of drug-likeness (QED) is 0.650. The molecule has 0 saturated heterocycles. The van der Waals surface area contributed by atoms with Crippen molar-refractivity contribution in [1.82, 2.24) is 4.98 Å². The van der Waals surface area contributed by atoms with E-state index in [1.54, 1.807) is 11.3 Å². The number of aromatic nitrogens is 1. The highest BCUT2D eigenvalue weighted by molar-refractivity contribution is 7.17. The minimum atomic E-state index is 0.612. The molecule has 0 amide bonds. The molecule has 0 radical (unpaired) electrons. The molecule has 2 rings (SSSR count). The van der Waals surface area contributed by atoms with Gasteiger partial charge < -0.3 is 0 Å². The Bertz CT molecular complexity index is 389. The summed E-state index contributed by atoms with van der Waals surface area (Å²) in [7, 11) is 0. The van der Waals surface area contributed by atoms with Crippen molar-refractivity contribution in [2.24, 2.45) is 0 Å². The van der Waals surface area contributed by atoms with Crippen LogP contribution < -0.4 is 0 Å². The summed E-state index contributed by atoms with van der Waals surface area (Å²) in [6, 6.07) is 2.10. The SMILES string of the molecule is CC(C)c1csc2cnccc12. The summed E-state index contributed by atoms with van der Waals surface area (Å²) in [5.41, 5.74) is 1.44. The van der Waals surface area contributed by atoms with Gasteiger partial charge >= 0.3 is 0 Å². The molecule has 2 heteroatoms. The number of rotatable bonds is 1. The van der Waals surface area contributed by atoms with Gasteiger partial charge in [-0.15, -0.1) is 11.3 Å². The van der Waals surface area contributed by atoms with E-state index in [-0.39, 0.29) is 0 Å². The zero-order valence-corrected chi connectivity index (χ0v) is 8.06. The second-order valence-corrected chi connectivity index (χ2v) is 4.13. The second kappa shape index (κ2) is 2.87. The molecule has 2 heterocycles. The molecule has 0 fully saturated rings. The van der Waals surface area contributed by atoms with Crippen LogP contribution in [0.25, 0.3) is 10.1 Å². The molecule has 1 nitrogen and oxygen atoms in total. The summed E-state index contributed by atoms with van der Waals surface area (Å²) in [6.45, 7) is 4.45. The summed E-state index contributed by atoms with van der Waals surface area (Å²) in [5, 5.41) is 3.60. The van der Waals surface area contributed by atoms with Crippen molar-refractivity contribution >= 4 is 21.4 Å². The van der Waals surface area contributed by atoms with E-state index >= 15 is 0 Å². The first-order valence-corrected chi connectivity index (χ1v) is 4.98. The minimum Gasteiger partial charge on any atom is -0.263 e. The lowest BCUT2D eigenvalue weighted by Crippen LogP contribution is -1.83. The Labute approximate surface area is 76.1 Å². The third kappa shape index (κ3) is 1.12. The molecule has 0 bridgehead atoms. The van der Waals surface area contributed by atoms with Crippen molar-refractivity contribution in [3.63, 3.8) is 0 Å². The summed E-state index contributed by atoms with van der Waals surface area (Å²) >= 11 is 1.78. The van der Waals surface area contributed by atoms with Crippen LogP contribution in [0.1, 0.15) is 25.3 Å². The first-order valence-electron chi connectivity index (χ1n) is 4.10. The molecule has 0 aromatic carbocycles. The van der Waals surface area contributed by atoms with Crippen LogP contribution in [0.5, 0.6) is 0 Å². The maximum atomic E-state index is 4.10. The van der Waals surface area contributed by atoms with E-state index in [1.165, 1.54) is 15.6 Å². The van der Waals surface area contributed by atoms with Gasteiger partial charge in [-0.1, -0.05) is 13.8 Å². The van der Waals surface area contributed by atoms with Gasteiger partial charge in [-0.3, -0.25) is 4.98 Å². The monoisotopic (exact) mass is 177 g/mol. The van der Waals surface area contributed by atoms with Crippen molar-refractivity contribution < 1.29 is 0 Å². The van der Waals surface area contributed by atoms with Crippen LogP contribution >= 0.6 is 11.3 Å². The Kier molecular flexibility index (Phi) is 1.85. The molecule has 2 aromatic rings. The predicted octanol–water partition coefficient (Wildman–Crippen LogP) is 3.42. The average molecular weight is 177 g/mol. The van der Waals surface area contributed by atoms with Crippen molar-refractivity contribution in [2.75, 3.05) is 0 Å². The highest BCUT2D eigenvalue weighted by Crippen LogP contribution is 2.29. The summed E-state index contributed by atoms with van der Waals surface area (Å²) in [6.07, 6.45) is 3.80. The van der Waals surface area contributed by atoms with Gasteiger partial charge in [-0.2, -0.15) is 0 Å². The fourth-order valence-corrected chi connectivity index (χ4v) is 2.44. The third-order valence-corrected chi connectivity index (χ3v) is 2.98. The summed E-state index contributed by atoms with van der Waals surface area (Å²) < 4.78 is 1.29. The lowest BCUT2D eigenvalue weighted by molar-refractivity contribution is 0.880. The standard InChI is InChI=1S/C10H11NS/c1-7(2)9-6-12-10-5-11-4-3-8(9)10/h3-7H,1-2H3. The van der Waals surface area contributed by atoms with Crippen molar-refractivity contribution in [3.05, 3.63) is 29.4 Å². The van der Waals surface area contributed by atoms with Crippen molar-refractivity contribution in [1.29, 1.82) is 0 Å². The van der Waals surface area contributed by atoms with Crippen molar-refractivity contribution in [3.8, 4) is 0 Å². The molecule has 0 unspecified atom stereocenters. The van der Waals surface area contributed by atoms with E-state index in [0.29, 0.717) is 5.92 Å². The van der Waals surface area contributed by atoms with Crippen LogP contribution in [-0.2, 0) is 0 Å². The maximum Gasteiger partial charge on any atom is 0.0529 e. The Morgan fingerprint density at radius 1 is 1.42 bits per heavy atom. The van der Waals surface area contributed by atoms with Crippen LogP contribution in [0.15, 0.2) is 23.8 Å². The highest BCUT2D eigenvalue weighted by atomic mass is 32.1. The molecule has 0 aliphatic carbocycles. The normalized spacial score (nSPS) is 11.2. The van der Waals surface area contributed by atoms with Crippen LogP contribution in [0.2, 0.25) is 0 Å². The molecule has 0 atom stereocenters. The first kappa shape index (κ1) is 7.74. The van der Waals surface area contributed by atoms with Gasteiger partial charge in [0.2, 0.25) is 0 Å². The predicted molar refractivity (Wildman–Crippen MR) is 53.7 cm³/mol. The van der Waals surface area contributed by atoms with Gasteiger partial charge in [0.15, 0.2) is 0 Å². The van der Waals surface area contributed by atoms with Crippen LogP contribution in [0.4, 0.5) is 0 Å². The number of thiophene rings is 1. The van der Waals surface area contributed by atoms with Gasteiger partial charge in [-0.05, 0) is 28.3 Å². The van der Waals surface area contributed by atoms with Crippen LogP contribution in [0.3, 0.4) is 0 Å². The lowest BCUT2D eigenvalue weighted by atomic mass is 10.0. The molecular formula is C10H11NS. The Morgan fingerprint density at radius 2 is 2.25 bits per heavy atom. The van der Waals surface area contributed by atoms with Gasteiger partial charge in [0.1, 0.15) is 0 Å². The Morgan fingerprint density at radius 3 is 3.00 bits per heavy atom. The molecular weight excluding hydrogens is 166 g/mol. The number of hydrogen-bond donors (Lipinski definition) is 0. The number of fused-ring (bicyclic) bond motifs is 1. The number of hydrogen-bond acceptors (Lipinski definition) is 2. The van der Waals surface area contributed by atoms with Gasteiger partial charge in [-0.25, -0.2) is 0 Å². The minimum absolute atomic E-state index is 0.612. The maximum absolute atomic E-state index is 4.10. The molecule has 0 aliphatic rings. The highest BCUT2D eigenvalue weighted by Gasteiger charge is 2.05. The third-order valence-electron chi connectivity index (χ3n) is 2.03. The van der Waals surface area contributed by atoms with E-state index in [1.807, 2.05) is 12.4 Å². The van der Waals surface area contributed by atoms with Crippen LogP contribution in [-0.4, -0.2) is 4.98 Å². The number of pyridine rings is 1. The van der Waals surface area contributed by atoms with E-state index < -0.39 is 0 Å². The molecule has 0 spiro atoms. The van der Waals surface area contributed by atoms with Crippen molar-refractivity contribution in [2.45, 2.75) is 19.8 Å². The summed E-state index contributed by atoms with van der Waals surface area (Å²) in [4.78, 5) is 4.10.